The van der Waals surface area contributed by atoms with Crippen molar-refractivity contribution < 1.29 is 21.6 Å². The monoisotopic (exact) mass is 519 g/mol. The van der Waals surface area contributed by atoms with Crippen LogP contribution in [0.25, 0.3) is 0 Å². The molecule has 2 saturated heterocycles. The number of piperidine rings is 1. The number of hydrogen-bond acceptors (Lipinski definition) is 5. The first-order valence-corrected chi connectivity index (χ1v) is 15.3. The number of nitrogens with zero attached hydrogens (tertiary/aromatic N) is 2. The Bertz CT molecular complexity index is 1210. The van der Waals surface area contributed by atoms with Crippen molar-refractivity contribution in [2.45, 2.75) is 55.6 Å². The van der Waals surface area contributed by atoms with Gasteiger partial charge in [-0.25, -0.2) is 21.1 Å². The van der Waals surface area contributed by atoms with E-state index in [1.807, 2.05) is 0 Å². The topological polar surface area (TPSA) is 104 Å². The number of nitrogens with one attached hydrogen (secondary N) is 1. The third-order valence-corrected chi connectivity index (χ3v) is 10.4. The maximum absolute atomic E-state index is 12.9. The fourth-order valence-corrected chi connectivity index (χ4v) is 7.67. The lowest BCUT2D eigenvalue weighted by molar-refractivity contribution is 0.102. The van der Waals surface area contributed by atoms with Crippen LogP contribution in [0, 0.1) is 0 Å². The number of carbonyl (C=O) groups is 1. The smallest absolute Gasteiger partial charge is 0.255 e. The van der Waals surface area contributed by atoms with Gasteiger partial charge in [0.05, 0.1) is 10.6 Å². The first-order valence-electron chi connectivity index (χ1n) is 12.2. The summed E-state index contributed by atoms with van der Waals surface area (Å²) in [7, 11) is -6.91. The molecule has 0 saturated carbocycles. The third kappa shape index (κ3) is 6.49. The van der Waals surface area contributed by atoms with Crippen molar-refractivity contribution in [2.75, 3.05) is 31.5 Å². The van der Waals surface area contributed by atoms with Gasteiger partial charge in [0.1, 0.15) is 0 Å². The van der Waals surface area contributed by atoms with E-state index in [1.54, 1.807) is 45.0 Å². The zero-order valence-corrected chi connectivity index (χ0v) is 21.5. The van der Waals surface area contributed by atoms with E-state index in [2.05, 4.69) is 5.32 Å². The summed E-state index contributed by atoms with van der Waals surface area (Å²) in [5, 5.41) is 2.77. The highest BCUT2D eigenvalue weighted by Gasteiger charge is 2.26. The van der Waals surface area contributed by atoms with Gasteiger partial charge in [-0.15, -0.1) is 0 Å². The second kappa shape index (κ2) is 11.2. The van der Waals surface area contributed by atoms with Crippen molar-refractivity contribution >= 4 is 31.6 Å². The Morgan fingerprint density at radius 2 is 1.20 bits per heavy atom. The Morgan fingerprint density at radius 1 is 0.686 bits per heavy atom. The SMILES string of the molecule is O=C(Nc1ccc(S(=O)(=O)N2CCCCCC2)cc1)c1ccc(CS(=O)(=O)N2CCCCC2)cc1. The molecule has 0 radical (unpaired) electrons. The van der Waals surface area contributed by atoms with E-state index in [0.717, 1.165) is 44.9 Å². The van der Waals surface area contributed by atoms with Gasteiger partial charge in [0.2, 0.25) is 20.0 Å². The number of amides is 1. The molecule has 0 unspecified atom stereocenters. The van der Waals surface area contributed by atoms with Gasteiger partial charge in [0.15, 0.2) is 0 Å². The van der Waals surface area contributed by atoms with E-state index in [0.29, 0.717) is 43.0 Å². The van der Waals surface area contributed by atoms with Gasteiger partial charge in [-0.3, -0.25) is 4.79 Å². The molecular formula is C25H33N3O5S2. The molecule has 35 heavy (non-hydrogen) atoms. The predicted octanol–water partition coefficient (Wildman–Crippen LogP) is 3.82. The van der Waals surface area contributed by atoms with Crippen LogP contribution in [0.15, 0.2) is 53.4 Å². The van der Waals surface area contributed by atoms with E-state index in [4.69, 9.17) is 0 Å². The van der Waals surface area contributed by atoms with Crippen molar-refractivity contribution in [3.05, 3.63) is 59.7 Å². The molecule has 2 aliphatic rings. The molecule has 4 rings (SSSR count). The fraction of sp³-hybridized carbons (Fsp3) is 0.480. The van der Waals surface area contributed by atoms with Crippen molar-refractivity contribution in [3.8, 4) is 0 Å². The van der Waals surface area contributed by atoms with Gasteiger partial charge in [0.25, 0.3) is 5.91 Å². The number of rotatable bonds is 7. The minimum atomic E-state index is -3.54. The summed E-state index contributed by atoms with van der Waals surface area (Å²) >= 11 is 0. The number of hydrogen-bond donors (Lipinski definition) is 1. The summed E-state index contributed by atoms with van der Waals surface area (Å²) in [5.74, 6) is -0.430. The van der Waals surface area contributed by atoms with Gasteiger partial charge >= 0.3 is 0 Å². The molecule has 10 heteroatoms. The largest absolute Gasteiger partial charge is 0.322 e. The van der Waals surface area contributed by atoms with Crippen LogP contribution in [-0.2, 0) is 25.8 Å². The summed E-state index contributed by atoms with van der Waals surface area (Å²) in [6.45, 7) is 2.22. The Labute approximate surface area is 208 Å². The van der Waals surface area contributed by atoms with E-state index < -0.39 is 20.0 Å². The lowest BCUT2D eigenvalue weighted by Gasteiger charge is -2.25. The maximum Gasteiger partial charge on any atom is 0.255 e. The average Bonchev–Trinajstić information content (AvgIpc) is 3.16. The van der Waals surface area contributed by atoms with Gasteiger partial charge < -0.3 is 5.32 Å². The first-order chi connectivity index (χ1) is 16.8. The second-order valence-electron chi connectivity index (χ2n) is 9.21. The highest BCUT2D eigenvalue weighted by Crippen LogP contribution is 2.22. The second-order valence-corrected chi connectivity index (χ2v) is 13.1. The number of carbonyl (C=O) groups excluding carboxylic acids is 1. The summed E-state index contributed by atoms with van der Waals surface area (Å²) < 4.78 is 54.2. The van der Waals surface area contributed by atoms with E-state index in [9.17, 15) is 21.6 Å². The summed E-state index contributed by atoms with van der Waals surface area (Å²) in [5.41, 5.74) is 1.52. The molecule has 2 aromatic rings. The van der Waals surface area contributed by atoms with E-state index >= 15 is 0 Å². The average molecular weight is 520 g/mol. The van der Waals surface area contributed by atoms with Crippen LogP contribution < -0.4 is 5.32 Å². The van der Waals surface area contributed by atoms with Gasteiger partial charge in [-0.1, -0.05) is 31.4 Å². The molecule has 2 fully saturated rings. The zero-order chi connectivity index (χ0) is 24.9. The predicted molar refractivity (Wildman–Crippen MR) is 136 cm³/mol. The first kappa shape index (κ1) is 25.8. The van der Waals surface area contributed by atoms with Crippen LogP contribution in [0.2, 0.25) is 0 Å². The highest BCUT2D eigenvalue weighted by molar-refractivity contribution is 7.89. The van der Waals surface area contributed by atoms with Gasteiger partial charge in [-0.2, -0.15) is 4.31 Å². The van der Waals surface area contributed by atoms with Crippen molar-refractivity contribution in [2.24, 2.45) is 0 Å². The summed E-state index contributed by atoms with van der Waals surface area (Å²) in [6.07, 6.45) is 6.69. The molecule has 0 spiro atoms. The van der Waals surface area contributed by atoms with Crippen LogP contribution >= 0.6 is 0 Å². The van der Waals surface area contributed by atoms with Crippen molar-refractivity contribution in [3.63, 3.8) is 0 Å². The molecule has 0 bridgehead atoms. The molecule has 2 aromatic carbocycles. The number of benzene rings is 2. The maximum atomic E-state index is 12.9. The molecule has 0 atom stereocenters. The van der Waals surface area contributed by atoms with Gasteiger partial charge in [-0.05, 0) is 67.6 Å². The Balaban J connectivity index is 1.37. The molecule has 2 aliphatic heterocycles. The molecule has 0 aliphatic carbocycles. The lowest BCUT2D eigenvalue weighted by atomic mass is 10.1. The molecule has 2 heterocycles. The lowest BCUT2D eigenvalue weighted by Crippen LogP contribution is -2.36. The molecular weight excluding hydrogens is 486 g/mol. The fourth-order valence-electron chi connectivity index (χ4n) is 4.54. The summed E-state index contributed by atoms with van der Waals surface area (Å²) in [4.78, 5) is 12.9. The number of anilines is 1. The van der Waals surface area contributed by atoms with Crippen molar-refractivity contribution in [1.82, 2.24) is 8.61 Å². The Kier molecular flexibility index (Phi) is 8.26. The molecule has 1 N–H and O–H groups in total. The van der Waals surface area contributed by atoms with E-state index in [1.165, 1.54) is 12.1 Å². The van der Waals surface area contributed by atoms with Gasteiger partial charge in [0, 0.05) is 37.4 Å². The Hall–Kier alpha value is -2.27. The Morgan fingerprint density at radius 3 is 1.77 bits per heavy atom. The van der Waals surface area contributed by atoms with Crippen LogP contribution in [0.4, 0.5) is 5.69 Å². The minimum Gasteiger partial charge on any atom is -0.322 e. The molecule has 8 nitrogen and oxygen atoms in total. The standard InChI is InChI=1S/C25H33N3O5S2/c29-25(22-10-8-21(9-11-22)20-34(30,31)27-16-6-3-7-17-27)26-23-12-14-24(15-13-23)35(32,33)28-18-4-1-2-5-19-28/h8-15H,1-7,16-20H2,(H,26,29). The zero-order valence-electron chi connectivity index (χ0n) is 19.9. The van der Waals surface area contributed by atoms with Crippen LogP contribution in [-0.4, -0.2) is 57.5 Å². The van der Waals surface area contributed by atoms with E-state index in [-0.39, 0.29) is 16.6 Å². The molecule has 1 amide bonds. The van der Waals surface area contributed by atoms with Crippen LogP contribution in [0.1, 0.15) is 60.9 Å². The number of sulfonamides is 2. The normalized spacial score (nSPS) is 18.6. The highest BCUT2D eigenvalue weighted by atomic mass is 32.2. The quantitative estimate of drug-likeness (QED) is 0.599. The third-order valence-electron chi connectivity index (χ3n) is 6.59. The van der Waals surface area contributed by atoms with Crippen LogP contribution in [0.3, 0.4) is 0 Å². The molecule has 0 aromatic heterocycles. The summed E-state index contributed by atoms with van der Waals surface area (Å²) in [6, 6.07) is 12.7. The molecule has 190 valence electrons. The van der Waals surface area contributed by atoms with Crippen molar-refractivity contribution in [1.29, 1.82) is 0 Å². The van der Waals surface area contributed by atoms with Crippen LogP contribution in [0.5, 0.6) is 0 Å². The minimum absolute atomic E-state index is 0.0815.